The van der Waals surface area contributed by atoms with Gasteiger partial charge >= 0.3 is 0 Å². The van der Waals surface area contributed by atoms with Crippen LogP contribution in [0.3, 0.4) is 0 Å². The van der Waals surface area contributed by atoms with Crippen molar-refractivity contribution in [2.24, 2.45) is 0 Å². The Bertz CT molecular complexity index is 676. The highest BCUT2D eigenvalue weighted by Crippen LogP contribution is 2.26. The first-order valence-electron chi connectivity index (χ1n) is 6.19. The van der Waals surface area contributed by atoms with E-state index in [-0.39, 0.29) is 5.75 Å². The molecule has 0 aromatic heterocycles. The van der Waals surface area contributed by atoms with Crippen LogP contribution in [0.4, 0.5) is 10.1 Å². The van der Waals surface area contributed by atoms with Crippen LogP contribution in [0, 0.1) is 5.82 Å². The number of halogens is 1. The number of hydrogen-bond donors (Lipinski definition) is 1. The van der Waals surface area contributed by atoms with Crippen molar-refractivity contribution >= 4 is 16.5 Å². The number of benzene rings is 2. The quantitative estimate of drug-likeness (QED) is 0.863. The van der Waals surface area contributed by atoms with Crippen molar-refractivity contribution in [1.82, 2.24) is 0 Å². The average molecular weight is 309 g/mol. The molecule has 0 saturated heterocycles. The maximum absolute atomic E-state index is 13.9. The first-order valence-corrected chi connectivity index (χ1v) is 7.51. The zero-order valence-electron chi connectivity index (χ0n) is 11.8. The Hall–Kier alpha value is -2.08. The SMILES string of the molecule is COc1ccc(CS(=O)c2cc(OC)ccc2N)c(F)c1. The fourth-order valence-electron chi connectivity index (χ4n) is 1.83. The predicted octanol–water partition coefficient (Wildman–Crippen LogP) is 2.73. The molecular formula is C15H16FNO3S. The molecule has 0 heterocycles. The minimum atomic E-state index is -1.46. The van der Waals surface area contributed by atoms with Crippen LogP contribution in [0.1, 0.15) is 5.56 Å². The lowest BCUT2D eigenvalue weighted by atomic mass is 10.2. The zero-order valence-corrected chi connectivity index (χ0v) is 12.6. The Labute approximate surface area is 125 Å². The molecule has 2 N–H and O–H groups in total. The monoisotopic (exact) mass is 309 g/mol. The van der Waals surface area contributed by atoms with Crippen molar-refractivity contribution < 1.29 is 18.1 Å². The molecule has 0 aliphatic carbocycles. The zero-order chi connectivity index (χ0) is 15.4. The van der Waals surface area contributed by atoms with Crippen molar-refractivity contribution in [3.8, 4) is 11.5 Å². The summed E-state index contributed by atoms with van der Waals surface area (Å²) in [5.41, 5.74) is 6.56. The second kappa shape index (κ2) is 6.58. The second-order valence-electron chi connectivity index (χ2n) is 4.35. The summed E-state index contributed by atoms with van der Waals surface area (Å²) in [7, 11) is 1.51. The standard InChI is InChI=1S/C15H16FNO3S/c1-19-11-4-3-10(13(16)7-11)9-21(18)15-8-12(20-2)5-6-14(15)17/h3-8H,9,17H2,1-2H3. The van der Waals surface area contributed by atoms with E-state index in [4.69, 9.17) is 15.2 Å². The van der Waals surface area contributed by atoms with Crippen molar-refractivity contribution in [1.29, 1.82) is 0 Å². The lowest BCUT2D eigenvalue weighted by Gasteiger charge is -2.09. The smallest absolute Gasteiger partial charge is 0.131 e. The van der Waals surface area contributed by atoms with Crippen molar-refractivity contribution in [2.75, 3.05) is 20.0 Å². The summed E-state index contributed by atoms with van der Waals surface area (Å²) in [4.78, 5) is 0.435. The van der Waals surface area contributed by atoms with Crippen molar-refractivity contribution in [3.63, 3.8) is 0 Å². The molecule has 0 spiro atoms. The van der Waals surface area contributed by atoms with Gasteiger partial charge in [-0.2, -0.15) is 0 Å². The van der Waals surface area contributed by atoms with E-state index in [1.807, 2.05) is 0 Å². The van der Waals surface area contributed by atoms with Gasteiger partial charge in [-0.1, -0.05) is 6.07 Å². The van der Waals surface area contributed by atoms with Crippen molar-refractivity contribution in [3.05, 3.63) is 47.8 Å². The molecule has 2 aromatic rings. The molecule has 1 unspecified atom stereocenters. The van der Waals surface area contributed by atoms with E-state index in [1.54, 1.807) is 30.3 Å². The fraction of sp³-hybridized carbons (Fsp3) is 0.200. The molecule has 1 atom stereocenters. The molecule has 2 aromatic carbocycles. The van der Waals surface area contributed by atoms with E-state index in [1.165, 1.54) is 20.3 Å². The molecule has 112 valence electrons. The molecule has 21 heavy (non-hydrogen) atoms. The molecule has 2 rings (SSSR count). The van der Waals surface area contributed by atoms with Gasteiger partial charge in [0.1, 0.15) is 17.3 Å². The van der Waals surface area contributed by atoms with Gasteiger partial charge in [0.15, 0.2) is 0 Å². The second-order valence-corrected chi connectivity index (χ2v) is 5.77. The Morgan fingerprint density at radius 2 is 1.71 bits per heavy atom. The first-order chi connectivity index (χ1) is 10.0. The predicted molar refractivity (Wildman–Crippen MR) is 80.5 cm³/mol. The molecule has 0 radical (unpaired) electrons. The number of nitrogens with two attached hydrogens (primary N) is 1. The number of rotatable bonds is 5. The lowest BCUT2D eigenvalue weighted by Crippen LogP contribution is -2.03. The van der Waals surface area contributed by atoms with Crippen LogP contribution in [0.25, 0.3) is 0 Å². The molecule has 0 saturated carbocycles. The normalized spacial score (nSPS) is 12.0. The van der Waals surface area contributed by atoms with Gasteiger partial charge in [0.25, 0.3) is 0 Å². The highest BCUT2D eigenvalue weighted by molar-refractivity contribution is 7.84. The third-order valence-corrected chi connectivity index (χ3v) is 4.43. The maximum Gasteiger partial charge on any atom is 0.131 e. The van der Waals surface area contributed by atoms with Crippen molar-refractivity contribution in [2.45, 2.75) is 10.6 Å². The van der Waals surface area contributed by atoms with Gasteiger partial charge in [0.2, 0.25) is 0 Å². The molecule has 0 aliphatic heterocycles. The van der Waals surface area contributed by atoms with Crippen LogP contribution in [0.5, 0.6) is 11.5 Å². The van der Waals surface area contributed by atoms with E-state index < -0.39 is 16.6 Å². The molecule has 4 nitrogen and oxygen atoms in total. The van der Waals surface area contributed by atoms with Crippen LogP contribution < -0.4 is 15.2 Å². The fourth-order valence-corrected chi connectivity index (χ4v) is 3.08. The van der Waals surface area contributed by atoms with Gasteiger partial charge in [0, 0.05) is 17.3 Å². The Morgan fingerprint density at radius 1 is 1.10 bits per heavy atom. The van der Waals surface area contributed by atoms with Gasteiger partial charge in [-0.15, -0.1) is 0 Å². The number of methoxy groups -OCH3 is 2. The lowest BCUT2D eigenvalue weighted by molar-refractivity contribution is 0.411. The number of ether oxygens (including phenoxy) is 2. The van der Waals surface area contributed by atoms with Crippen LogP contribution >= 0.6 is 0 Å². The van der Waals surface area contributed by atoms with Gasteiger partial charge in [0.05, 0.1) is 35.7 Å². The van der Waals surface area contributed by atoms with Gasteiger partial charge < -0.3 is 15.2 Å². The summed E-state index contributed by atoms with van der Waals surface area (Å²) in [5, 5.41) is 0. The van der Waals surface area contributed by atoms with Crippen LogP contribution in [-0.2, 0) is 16.6 Å². The largest absolute Gasteiger partial charge is 0.497 e. The number of hydrogen-bond acceptors (Lipinski definition) is 4. The summed E-state index contributed by atoms with van der Waals surface area (Å²) in [6.07, 6.45) is 0. The van der Waals surface area contributed by atoms with Crippen LogP contribution in [0.15, 0.2) is 41.3 Å². The maximum atomic E-state index is 13.9. The van der Waals surface area contributed by atoms with E-state index in [0.29, 0.717) is 27.6 Å². The number of anilines is 1. The van der Waals surface area contributed by atoms with E-state index >= 15 is 0 Å². The minimum absolute atomic E-state index is 0.0349. The third-order valence-electron chi connectivity index (χ3n) is 3.01. The highest BCUT2D eigenvalue weighted by Gasteiger charge is 2.13. The molecule has 0 fully saturated rings. The molecular weight excluding hydrogens is 293 g/mol. The van der Waals surface area contributed by atoms with E-state index in [2.05, 4.69) is 0 Å². The van der Waals surface area contributed by atoms with Crippen LogP contribution in [-0.4, -0.2) is 18.4 Å². The average Bonchev–Trinajstić information content (AvgIpc) is 2.49. The van der Waals surface area contributed by atoms with Crippen LogP contribution in [0.2, 0.25) is 0 Å². The Morgan fingerprint density at radius 3 is 2.33 bits per heavy atom. The Balaban J connectivity index is 2.26. The highest BCUT2D eigenvalue weighted by atomic mass is 32.2. The summed E-state index contributed by atoms with van der Waals surface area (Å²) in [5.74, 6) is 0.558. The first kappa shape index (κ1) is 15.3. The molecule has 0 amide bonds. The third kappa shape index (κ3) is 3.52. The van der Waals surface area contributed by atoms with E-state index in [9.17, 15) is 8.60 Å². The molecule has 0 bridgehead atoms. The van der Waals surface area contributed by atoms with Gasteiger partial charge in [-0.05, 0) is 24.3 Å². The van der Waals surface area contributed by atoms with E-state index in [0.717, 1.165) is 0 Å². The topological polar surface area (TPSA) is 61.5 Å². The minimum Gasteiger partial charge on any atom is -0.497 e. The Kier molecular flexibility index (Phi) is 4.80. The van der Waals surface area contributed by atoms with Gasteiger partial charge in [-0.3, -0.25) is 4.21 Å². The van der Waals surface area contributed by atoms with Gasteiger partial charge in [-0.25, -0.2) is 4.39 Å². The molecule has 0 aliphatic rings. The summed E-state index contributed by atoms with van der Waals surface area (Å²) in [6.45, 7) is 0. The number of nitrogen functional groups attached to an aromatic ring is 1. The summed E-state index contributed by atoms with van der Waals surface area (Å²) in [6, 6.07) is 9.36. The summed E-state index contributed by atoms with van der Waals surface area (Å²) >= 11 is 0. The summed E-state index contributed by atoms with van der Waals surface area (Å²) < 4.78 is 36.3. The molecule has 6 heteroatoms.